The fourth-order valence-corrected chi connectivity index (χ4v) is 7.55. The number of aromatic nitrogens is 4. The lowest BCUT2D eigenvalue weighted by molar-refractivity contribution is -0.145. The molecule has 3 aliphatic rings. The van der Waals surface area contributed by atoms with E-state index in [0.29, 0.717) is 45.6 Å². The maximum atomic E-state index is 14.4. The van der Waals surface area contributed by atoms with E-state index in [1.807, 2.05) is 23.6 Å². The van der Waals surface area contributed by atoms with Crippen LogP contribution in [0.1, 0.15) is 71.8 Å². The average Bonchev–Trinajstić information content (AvgIpc) is 3.52. The van der Waals surface area contributed by atoms with Gasteiger partial charge in [0.05, 0.1) is 18.2 Å². The number of hydrogen-bond acceptors (Lipinski definition) is 10. The first-order valence-electron chi connectivity index (χ1n) is 17.0. The molecule has 0 bridgehead atoms. The largest absolute Gasteiger partial charge is 0.495 e. The standard InChI is InChI=1S/C35H42ClN7O7S/c1-34(2,3)50-33(48)38-24-11-9-7-5-6-8-10-21-18-35(21,32(46)47)39-29(44)25-17-22(19-42(25)31(24)45)43-40-27(28(41-43)30-37-14-15-51-30)20-12-13-26(49-4)23(36)16-20/h8,10,12-16,21-22,24-25H,5-7,9,11,17-19H2,1-4H3,(H,38,48)(H,39,44)(H,46,47)/b10-8-/t21-,22+,24-,25+,35+/m1/s1. The molecule has 2 fully saturated rings. The number of thiazole rings is 1. The van der Waals surface area contributed by atoms with Crippen molar-refractivity contribution < 1.29 is 33.8 Å². The second-order valence-electron chi connectivity index (χ2n) is 14.1. The summed E-state index contributed by atoms with van der Waals surface area (Å²) in [5, 5.41) is 28.3. The number of carboxylic acid groups (broad SMARTS) is 1. The SMILES string of the molecule is COc1ccc(-c2nn([C@H]3C[C@H]4C(=O)N[C@@]5(C(=O)O)C[C@H]5/C=C\CCCCC[C@@H](NC(=O)OC(C)(C)C)C(=O)N4C3)nc2-c2nccs2)cc1Cl. The number of rotatable bonds is 6. The Morgan fingerprint density at radius 1 is 1.16 bits per heavy atom. The van der Waals surface area contributed by atoms with Crippen LogP contribution in [0.5, 0.6) is 5.75 Å². The summed E-state index contributed by atoms with van der Waals surface area (Å²) in [6.07, 6.45) is 8.41. The van der Waals surface area contributed by atoms with Crippen LogP contribution in [0.15, 0.2) is 41.9 Å². The number of ether oxygens (including phenoxy) is 2. The highest BCUT2D eigenvalue weighted by molar-refractivity contribution is 7.13. The molecule has 1 aromatic carbocycles. The van der Waals surface area contributed by atoms with Gasteiger partial charge in [0.1, 0.15) is 45.4 Å². The predicted octanol–water partition coefficient (Wildman–Crippen LogP) is 5.25. The van der Waals surface area contributed by atoms with E-state index in [1.165, 1.54) is 28.1 Å². The maximum Gasteiger partial charge on any atom is 0.408 e. The van der Waals surface area contributed by atoms with E-state index in [0.717, 1.165) is 19.3 Å². The second-order valence-corrected chi connectivity index (χ2v) is 15.4. The summed E-state index contributed by atoms with van der Waals surface area (Å²) in [6, 6.07) is 2.64. The number of nitrogens with one attached hydrogen (secondary N) is 2. The smallest absolute Gasteiger partial charge is 0.408 e. The predicted molar refractivity (Wildman–Crippen MR) is 189 cm³/mol. The number of allylic oxidation sites excluding steroid dienone is 1. The molecule has 2 aromatic heterocycles. The number of methoxy groups -OCH3 is 1. The molecule has 4 heterocycles. The molecule has 6 rings (SSSR count). The molecule has 3 amide bonds. The van der Waals surface area contributed by atoms with E-state index in [1.54, 1.807) is 39.1 Å². The molecule has 5 atom stereocenters. The monoisotopic (exact) mass is 739 g/mol. The second kappa shape index (κ2) is 14.6. The number of aliphatic carboxylic acids is 1. The number of hydrogen-bond donors (Lipinski definition) is 3. The van der Waals surface area contributed by atoms with E-state index >= 15 is 0 Å². The quantitative estimate of drug-likeness (QED) is 0.283. The number of halogens is 1. The number of alkyl carbamates (subject to hydrolysis) is 1. The number of carbonyl (C=O) groups is 4. The third-order valence-corrected chi connectivity index (χ3v) is 10.4. The third kappa shape index (κ3) is 7.88. The van der Waals surface area contributed by atoms with Gasteiger partial charge in [-0.3, -0.25) is 9.59 Å². The van der Waals surface area contributed by atoms with Gasteiger partial charge in [-0.1, -0.05) is 36.6 Å². The first-order chi connectivity index (χ1) is 24.3. The van der Waals surface area contributed by atoms with Crippen LogP contribution in [0.3, 0.4) is 0 Å². The van der Waals surface area contributed by atoms with Gasteiger partial charge >= 0.3 is 12.1 Å². The first-order valence-corrected chi connectivity index (χ1v) is 18.3. The Labute approximate surface area is 304 Å². The van der Waals surface area contributed by atoms with Gasteiger partial charge in [0.2, 0.25) is 11.8 Å². The minimum absolute atomic E-state index is 0.0294. The maximum absolute atomic E-state index is 14.4. The van der Waals surface area contributed by atoms with Gasteiger partial charge in [0, 0.05) is 36.0 Å². The van der Waals surface area contributed by atoms with Gasteiger partial charge in [0.25, 0.3) is 0 Å². The van der Waals surface area contributed by atoms with Crippen LogP contribution in [-0.2, 0) is 19.1 Å². The van der Waals surface area contributed by atoms with Gasteiger partial charge in [-0.2, -0.15) is 9.90 Å². The molecule has 1 aliphatic carbocycles. The van der Waals surface area contributed by atoms with Crippen molar-refractivity contribution in [1.82, 2.24) is 35.5 Å². The Bertz CT molecular complexity index is 1820. The third-order valence-electron chi connectivity index (χ3n) is 9.34. The fourth-order valence-electron chi connectivity index (χ4n) is 6.67. The zero-order chi connectivity index (χ0) is 36.5. The number of amides is 3. The summed E-state index contributed by atoms with van der Waals surface area (Å²) in [5.74, 6) is -2.06. The summed E-state index contributed by atoms with van der Waals surface area (Å²) in [5.41, 5.74) is -0.599. The van der Waals surface area contributed by atoms with Crippen LogP contribution in [-0.4, -0.2) is 90.7 Å². The Kier molecular flexibility index (Phi) is 10.4. The van der Waals surface area contributed by atoms with Crippen molar-refractivity contribution >= 4 is 46.8 Å². The van der Waals surface area contributed by atoms with Gasteiger partial charge in [-0.05, 0) is 64.7 Å². The Morgan fingerprint density at radius 3 is 2.63 bits per heavy atom. The van der Waals surface area contributed by atoms with Crippen LogP contribution in [0, 0.1) is 5.92 Å². The van der Waals surface area contributed by atoms with Crippen molar-refractivity contribution in [2.45, 2.75) is 95.0 Å². The van der Waals surface area contributed by atoms with E-state index in [-0.39, 0.29) is 25.3 Å². The first kappa shape index (κ1) is 36.3. The lowest BCUT2D eigenvalue weighted by Gasteiger charge is -2.30. The molecule has 1 saturated carbocycles. The summed E-state index contributed by atoms with van der Waals surface area (Å²) >= 11 is 7.87. The molecular formula is C35H42ClN7O7S. The molecule has 3 N–H and O–H groups in total. The Morgan fingerprint density at radius 2 is 1.94 bits per heavy atom. The lowest BCUT2D eigenvalue weighted by atomic mass is 10.0. The normalized spacial score (nSPS) is 26.2. The molecular weight excluding hydrogens is 698 g/mol. The van der Waals surface area contributed by atoms with Crippen LogP contribution >= 0.6 is 22.9 Å². The van der Waals surface area contributed by atoms with E-state index in [9.17, 15) is 24.3 Å². The van der Waals surface area contributed by atoms with Crippen LogP contribution in [0.25, 0.3) is 22.0 Å². The van der Waals surface area contributed by atoms with E-state index < -0.39 is 53.1 Å². The fraction of sp³-hybridized carbons (Fsp3) is 0.514. The van der Waals surface area contributed by atoms with Crippen molar-refractivity contribution in [3.8, 4) is 27.7 Å². The minimum Gasteiger partial charge on any atom is -0.495 e. The molecule has 0 radical (unpaired) electrons. The van der Waals surface area contributed by atoms with Gasteiger partial charge < -0.3 is 30.1 Å². The van der Waals surface area contributed by atoms with Crippen molar-refractivity contribution in [3.63, 3.8) is 0 Å². The summed E-state index contributed by atoms with van der Waals surface area (Å²) < 4.78 is 10.8. The van der Waals surface area contributed by atoms with E-state index in [2.05, 4.69) is 15.6 Å². The molecule has 2 aliphatic heterocycles. The van der Waals surface area contributed by atoms with Crippen molar-refractivity contribution in [3.05, 3.63) is 47.0 Å². The van der Waals surface area contributed by atoms with Crippen molar-refractivity contribution in [2.24, 2.45) is 5.92 Å². The van der Waals surface area contributed by atoms with Crippen LogP contribution in [0.2, 0.25) is 5.02 Å². The molecule has 3 aromatic rings. The number of carboxylic acids is 1. The molecule has 0 spiro atoms. The summed E-state index contributed by atoms with van der Waals surface area (Å²) in [7, 11) is 1.53. The highest BCUT2D eigenvalue weighted by atomic mass is 35.5. The lowest BCUT2D eigenvalue weighted by Crippen LogP contribution is -2.56. The zero-order valence-corrected chi connectivity index (χ0v) is 30.5. The number of fused-ring (bicyclic) bond motifs is 2. The van der Waals surface area contributed by atoms with Crippen molar-refractivity contribution in [1.29, 1.82) is 0 Å². The van der Waals surface area contributed by atoms with Crippen molar-refractivity contribution in [2.75, 3.05) is 13.7 Å². The highest BCUT2D eigenvalue weighted by Crippen LogP contribution is 2.46. The molecule has 51 heavy (non-hydrogen) atoms. The number of carbonyl (C=O) groups excluding carboxylic acids is 3. The van der Waals surface area contributed by atoms with Gasteiger partial charge in [0.15, 0.2) is 0 Å². The minimum atomic E-state index is -1.46. The molecule has 16 heteroatoms. The highest BCUT2D eigenvalue weighted by Gasteiger charge is 2.61. The summed E-state index contributed by atoms with van der Waals surface area (Å²) in [6.45, 7) is 5.23. The zero-order valence-electron chi connectivity index (χ0n) is 28.9. The summed E-state index contributed by atoms with van der Waals surface area (Å²) in [4.78, 5) is 61.4. The number of benzene rings is 1. The van der Waals surface area contributed by atoms with Crippen LogP contribution in [0.4, 0.5) is 4.79 Å². The van der Waals surface area contributed by atoms with Crippen LogP contribution < -0.4 is 15.4 Å². The van der Waals surface area contributed by atoms with Gasteiger partial charge in [-0.25, -0.2) is 14.6 Å². The molecule has 272 valence electrons. The van der Waals surface area contributed by atoms with Gasteiger partial charge in [-0.15, -0.1) is 16.4 Å². The molecule has 1 saturated heterocycles. The Hall–Kier alpha value is -4.50. The Balaban J connectivity index is 1.37. The van der Waals surface area contributed by atoms with E-state index in [4.69, 9.17) is 31.3 Å². The number of nitrogens with zero attached hydrogens (tertiary/aromatic N) is 5. The molecule has 14 nitrogen and oxygen atoms in total. The topological polar surface area (TPSA) is 178 Å². The average molecular weight is 740 g/mol. The molecule has 0 unspecified atom stereocenters.